The largest absolute Gasteiger partial charge is 0.356 e. The summed E-state index contributed by atoms with van der Waals surface area (Å²) in [5.74, 6) is 2.36. The lowest BCUT2D eigenvalue weighted by Crippen LogP contribution is -2.20. The van der Waals surface area contributed by atoms with Crippen molar-refractivity contribution in [2.45, 2.75) is 52.4 Å². The number of aromatic nitrogens is 3. The quantitative estimate of drug-likeness (QED) is 0.374. The van der Waals surface area contributed by atoms with Crippen LogP contribution in [0.5, 0.6) is 0 Å². The Balaban J connectivity index is 1.62. The molecule has 1 saturated heterocycles. The fourth-order valence-electron chi connectivity index (χ4n) is 4.88. The molecule has 1 fully saturated rings. The number of aromatic amines is 1. The molecular formula is C27H32N4. The Morgan fingerprint density at radius 1 is 1.13 bits per heavy atom. The van der Waals surface area contributed by atoms with Crippen LogP contribution in [0.3, 0.4) is 0 Å². The van der Waals surface area contributed by atoms with Crippen LogP contribution < -0.4 is 4.90 Å². The molecule has 5 rings (SSSR count). The highest BCUT2D eigenvalue weighted by Gasteiger charge is 2.23. The molecular weight excluding hydrogens is 380 g/mol. The van der Waals surface area contributed by atoms with E-state index in [0.29, 0.717) is 11.8 Å². The lowest BCUT2D eigenvalue weighted by molar-refractivity contribution is 0.625. The Morgan fingerprint density at radius 2 is 2.00 bits per heavy atom. The van der Waals surface area contributed by atoms with Gasteiger partial charge in [0.15, 0.2) is 0 Å². The number of H-pyrrole nitrogens is 1. The maximum atomic E-state index is 5.18. The van der Waals surface area contributed by atoms with E-state index >= 15 is 0 Å². The fourth-order valence-corrected chi connectivity index (χ4v) is 4.88. The summed E-state index contributed by atoms with van der Waals surface area (Å²) in [6.45, 7) is 9.06. The van der Waals surface area contributed by atoms with Crippen molar-refractivity contribution in [3.05, 3.63) is 54.1 Å². The van der Waals surface area contributed by atoms with Gasteiger partial charge in [0.1, 0.15) is 11.5 Å². The van der Waals surface area contributed by atoms with E-state index in [1.165, 1.54) is 47.4 Å². The Kier molecular flexibility index (Phi) is 5.39. The monoisotopic (exact) mass is 412 g/mol. The maximum Gasteiger partial charge on any atom is 0.137 e. The van der Waals surface area contributed by atoms with Gasteiger partial charge in [-0.25, -0.2) is 4.98 Å². The van der Waals surface area contributed by atoms with Crippen LogP contribution in [0, 0.1) is 5.92 Å². The summed E-state index contributed by atoms with van der Waals surface area (Å²) in [5.41, 5.74) is 4.38. The first kappa shape index (κ1) is 20.0. The molecule has 160 valence electrons. The van der Waals surface area contributed by atoms with Gasteiger partial charge in [0.2, 0.25) is 0 Å². The molecule has 4 nitrogen and oxygen atoms in total. The van der Waals surface area contributed by atoms with Gasteiger partial charge in [-0.3, -0.25) is 5.10 Å². The zero-order valence-electron chi connectivity index (χ0n) is 18.9. The number of nitrogens with zero attached hydrogens (tertiary/aromatic N) is 3. The van der Waals surface area contributed by atoms with E-state index in [1.807, 2.05) is 0 Å². The van der Waals surface area contributed by atoms with Crippen LogP contribution in [0.2, 0.25) is 0 Å². The number of hydrogen-bond donors (Lipinski definition) is 1. The molecule has 2 aromatic carbocycles. The summed E-state index contributed by atoms with van der Waals surface area (Å²) >= 11 is 0. The summed E-state index contributed by atoms with van der Waals surface area (Å²) in [5, 5.41) is 11.6. The van der Waals surface area contributed by atoms with Crippen molar-refractivity contribution >= 4 is 27.5 Å². The number of anilines is 1. The van der Waals surface area contributed by atoms with Gasteiger partial charge >= 0.3 is 0 Å². The number of pyridine rings is 1. The van der Waals surface area contributed by atoms with E-state index in [-0.39, 0.29) is 0 Å². The van der Waals surface area contributed by atoms with Crippen molar-refractivity contribution in [3.63, 3.8) is 0 Å². The average Bonchev–Trinajstić information content (AvgIpc) is 3.42. The number of rotatable bonds is 6. The molecule has 1 unspecified atom stereocenters. The van der Waals surface area contributed by atoms with Crippen LogP contribution in [0.4, 0.5) is 5.82 Å². The van der Waals surface area contributed by atoms with Crippen LogP contribution in [0.25, 0.3) is 33.1 Å². The summed E-state index contributed by atoms with van der Waals surface area (Å²) in [4.78, 5) is 7.63. The zero-order chi connectivity index (χ0) is 21.4. The first-order chi connectivity index (χ1) is 15.1. The highest BCUT2D eigenvalue weighted by Crippen LogP contribution is 2.35. The highest BCUT2D eigenvalue weighted by molar-refractivity contribution is 5.98. The molecule has 0 bridgehead atoms. The number of fused-ring (bicyclic) bond motifs is 2. The minimum Gasteiger partial charge on any atom is -0.356 e. The van der Waals surface area contributed by atoms with Gasteiger partial charge in [0.05, 0.1) is 11.2 Å². The normalized spacial score (nSPS) is 17.6. The predicted octanol–water partition coefficient (Wildman–Crippen LogP) is 6.92. The van der Waals surface area contributed by atoms with Crippen molar-refractivity contribution in [3.8, 4) is 11.4 Å². The molecule has 0 radical (unpaired) electrons. The van der Waals surface area contributed by atoms with Crippen LogP contribution in [-0.4, -0.2) is 28.3 Å². The zero-order valence-corrected chi connectivity index (χ0v) is 18.9. The SMILES string of the molecule is CCCCC(C)c1ccc2[nH]nc(-c3cc4ccccc4c(N4CC[C@@H](C)C4)n3)c2c1. The third-order valence-electron chi connectivity index (χ3n) is 6.83. The van der Waals surface area contributed by atoms with Gasteiger partial charge in [-0.15, -0.1) is 0 Å². The van der Waals surface area contributed by atoms with E-state index in [4.69, 9.17) is 10.1 Å². The molecule has 0 aliphatic carbocycles. The molecule has 2 aromatic heterocycles. The van der Waals surface area contributed by atoms with Gasteiger partial charge in [0, 0.05) is 23.9 Å². The van der Waals surface area contributed by atoms with Crippen molar-refractivity contribution in [1.29, 1.82) is 0 Å². The smallest absolute Gasteiger partial charge is 0.137 e. The van der Waals surface area contributed by atoms with Crippen LogP contribution in [0.15, 0.2) is 48.5 Å². The van der Waals surface area contributed by atoms with E-state index < -0.39 is 0 Å². The highest BCUT2D eigenvalue weighted by atomic mass is 15.2. The first-order valence-electron chi connectivity index (χ1n) is 11.8. The van der Waals surface area contributed by atoms with E-state index in [9.17, 15) is 0 Å². The molecule has 2 atom stereocenters. The maximum absolute atomic E-state index is 5.18. The standard InChI is InChI=1S/C27H32N4/c1-4-5-8-19(3)20-11-12-24-23(15-20)26(30-29-24)25-16-21-9-6-7-10-22(21)27(28-25)31-14-13-18(2)17-31/h6-7,9-12,15-16,18-19H,4-5,8,13-14,17H2,1-3H3,(H,29,30)/t18-,19?/m1/s1. The molecule has 31 heavy (non-hydrogen) atoms. The van der Waals surface area contributed by atoms with Crippen LogP contribution in [0.1, 0.15) is 57.9 Å². The lowest BCUT2D eigenvalue weighted by Gasteiger charge is -2.20. The van der Waals surface area contributed by atoms with Crippen molar-refractivity contribution in [2.24, 2.45) is 5.92 Å². The van der Waals surface area contributed by atoms with E-state index in [2.05, 4.69) is 79.3 Å². The number of benzene rings is 2. The van der Waals surface area contributed by atoms with Gasteiger partial charge in [0.25, 0.3) is 0 Å². The summed E-state index contributed by atoms with van der Waals surface area (Å²) in [6.07, 6.45) is 4.95. The topological polar surface area (TPSA) is 44.8 Å². The minimum absolute atomic E-state index is 0.554. The summed E-state index contributed by atoms with van der Waals surface area (Å²) < 4.78 is 0. The molecule has 0 saturated carbocycles. The molecule has 3 heterocycles. The van der Waals surface area contributed by atoms with Crippen molar-refractivity contribution in [2.75, 3.05) is 18.0 Å². The Hall–Kier alpha value is -2.88. The van der Waals surface area contributed by atoms with Gasteiger partial charge in [-0.1, -0.05) is 63.9 Å². The molecule has 1 N–H and O–H groups in total. The van der Waals surface area contributed by atoms with Crippen LogP contribution in [-0.2, 0) is 0 Å². The van der Waals surface area contributed by atoms with Crippen LogP contribution >= 0.6 is 0 Å². The Morgan fingerprint density at radius 3 is 2.81 bits per heavy atom. The number of hydrogen-bond acceptors (Lipinski definition) is 3. The number of unbranched alkanes of at least 4 members (excludes halogenated alkanes) is 1. The first-order valence-corrected chi connectivity index (χ1v) is 11.8. The molecule has 0 spiro atoms. The second-order valence-electron chi connectivity index (χ2n) is 9.31. The molecule has 1 aliphatic heterocycles. The molecule has 0 amide bonds. The van der Waals surface area contributed by atoms with Crippen molar-refractivity contribution in [1.82, 2.24) is 15.2 Å². The minimum atomic E-state index is 0.554. The molecule has 4 heteroatoms. The second-order valence-corrected chi connectivity index (χ2v) is 9.31. The summed E-state index contributed by atoms with van der Waals surface area (Å²) in [7, 11) is 0. The van der Waals surface area contributed by atoms with Crippen molar-refractivity contribution < 1.29 is 0 Å². The van der Waals surface area contributed by atoms with Gasteiger partial charge < -0.3 is 4.90 Å². The Labute approximate surface area is 184 Å². The third kappa shape index (κ3) is 3.80. The average molecular weight is 413 g/mol. The molecule has 1 aliphatic rings. The van der Waals surface area contributed by atoms with Gasteiger partial charge in [-0.05, 0) is 53.8 Å². The Bertz CT molecular complexity index is 1210. The van der Waals surface area contributed by atoms with Gasteiger partial charge in [-0.2, -0.15) is 5.10 Å². The summed E-state index contributed by atoms with van der Waals surface area (Å²) in [6, 6.07) is 17.5. The third-order valence-corrected chi connectivity index (χ3v) is 6.83. The second kappa shape index (κ2) is 8.33. The fraction of sp³-hybridized carbons (Fsp3) is 0.407. The lowest BCUT2D eigenvalue weighted by atomic mass is 9.94. The predicted molar refractivity (Wildman–Crippen MR) is 131 cm³/mol. The van der Waals surface area contributed by atoms with E-state index in [0.717, 1.165) is 35.8 Å². The van der Waals surface area contributed by atoms with E-state index in [1.54, 1.807) is 0 Å². The number of nitrogens with one attached hydrogen (secondary N) is 1. The molecule has 4 aromatic rings.